The van der Waals surface area contributed by atoms with E-state index in [2.05, 4.69) is 267 Å². The van der Waals surface area contributed by atoms with Crippen LogP contribution in [-0.2, 0) is 122 Å². The van der Waals surface area contributed by atoms with Gasteiger partial charge in [0.1, 0.15) is 24.7 Å². The van der Waals surface area contributed by atoms with Crippen molar-refractivity contribution in [3.05, 3.63) is 402 Å². The zero-order valence-electron chi connectivity index (χ0n) is 77.3. The first kappa shape index (κ1) is 107. The molecule has 18 aromatic rings. The van der Waals surface area contributed by atoms with Gasteiger partial charge in [0.25, 0.3) is 0 Å². The minimum Gasteiger partial charge on any atom is -0.540 e. The van der Waals surface area contributed by atoms with Crippen molar-refractivity contribution in [2.75, 3.05) is 27.4 Å². The molecule has 0 unspecified atom stereocenters. The molecule has 0 aliphatic heterocycles. The maximum Gasteiger partial charge on any atom is 0.333 e. The summed E-state index contributed by atoms with van der Waals surface area (Å²) < 4.78 is 34.0. The summed E-state index contributed by atoms with van der Waals surface area (Å²) >= 11 is 0. The first-order chi connectivity index (χ1) is 62.4. The summed E-state index contributed by atoms with van der Waals surface area (Å²) in [5.41, 5.74) is 26.4. The van der Waals surface area contributed by atoms with Gasteiger partial charge in [-0.3, -0.25) is 34.7 Å². The molecule has 0 saturated heterocycles. The van der Waals surface area contributed by atoms with Gasteiger partial charge in [0.05, 0.1) is 48.9 Å². The zero-order valence-corrected chi connectivity index (χ0v) is 89.2. The van der Waals surface area contributed by atoms with E-state index in [0.717, 1.165) is 96.5 Å². The molecule has 24 heteroatoms. The summed E-state index contributed by atoms with van der Waals surface area (Å²) in [4.78, 5) is 48.9. The molecule has 0 aliphatic rings. The first-order valence-corrected chi connectivity index (χ1v) is 42.2. The number of methoxy groups -OCH3 is 2. The number of aliphatic hydroxyl groups excluding tert-OH is 1. The second-order valence-corrected chi connectivity index (χ2v) is 31.1. The Balaban J connectivity index is 0.000000201. The number of hydrogen-bond donors (Lipinski definition) is 1. The van der Waals surface area contributed by atoms with Crippen LogP contribution < -0.4 is 14.2 Å². The van der Waals surface area contributed by atoms with Gasteiger partial charge in [-0.1, -0.05) is 121 Å². The normalized spacial score (nSPS) is 10.5. The van der Waals surface area contributed by atoms with Crippen molar-refractivity contribution in [1.82, 2.24) is 57.3 Å². The molecular formula is C110H103Ir5N12O7-5. The molecule has 0 amide bonds. The van der Waals surface area contributed by atoms with Crippen LogP contribution in [0.3, 0.4) is 0 Å². The number of pyridine rings is 1. The van der Waals surface area contributed by atoms with Gasteiger partial charge in [-0.15, -0.1) is 143 Å². The number of hydrogen-bond acceptors (Lipinski definition) is 13. The number of rotatable bonds is 19. The van der Waals surface area contributed by atoms with Gasteiger partial charge in [-0.05, 0) is 187 Å². The average Bonchev–Trinajstić information content (AvgIpc) is 1.58. The van der Waals surface area contributed by atoms with Crippen LogP contribution in [0.15, 0.2) is 311 Å². The van der Waals surface area contributed by atoms with Crippen molar-refractivity contribution in [2.45, 2.75) is 90.0 Å². The van der Waals surface area contributed by atoms with E-state index in [-0.39, 0.29) is 125 Å². The van der Waals surface area contributed by atoms with Gasteiger partial charge in [0, 0.05) is 233 Å². The Kier molecular flexibility index (Phi) is 40.3. The Bertz CT molecular complexity index is 6890. The molecule has 0 aliphatic carbocycles. The number of benzene rings is 11. The number of Topliss-reactive ketones (excluding diaryl/α,β-unsaturated/α-hetero) is 1. The number of para-hydroxylation sites is 4. The van der Waals surface area contributed by atoms with Crippen molar-refractivity contribution in [1.29, 1.82) is 0 Å². The Morgan fingerprint density at radius 1 is 0.403 bits per heavy atom. The van der Waals surface area contributed by atoms with Gasteiger partial charge in [0.15, 0.2) is 5.78 Å². The molecule has 11 aromatic carbocycles. The van der Waals surface area contributed by atoms with Gasteiger partial charge < -0.3 is 51.5 Å². The molecule has 134 heavy (non-hydrogen) atoms. The number of ketones is 1. The van der Waals surface area contributed by atoms with E-state index in [4.69, 9.17) is 23.9 Å². The van der Waals surface area contributed by atoms with Gasteiger partial charge in [-0.2, -0.15) is 0 Å². The molecule has 0 spiro atoms. The fraction of sp³-hybridized carbons (Fsp3) is 0.164. The van der Waals surface area contributed by atoms with Gasteiger partial charge in [-0.25, -0.2) is 4.79 Å². The standard InChI is InChI=1S/C29H22N3.C23H23N2O3.2C18H17N2.C12H13N2O2.C10H11NO2.5Ir/c1-20-9-8-10-21(2)28(20)31-18-17-30-29(31)22-15-16-27-25(19-22)24-13-6-7-14-26(24)32(27)23-11-4-3-5-12-23;1-16(2)23(26)28-13-12-27-20-14-17(3)21(18(4)15-20)25-11-10-24-22(25)19-8-6-5-7-9-19;1-13-7-9-16(10-8-13)18-19-11-12-20(18)17-14(2)5-4-6-15(17)3;1-13-11-14(2)17(15(3)12-13)20-10-9-19-18(20)16-7-5-4-6-8-16;1-14-7-6-13-12(14)10-5-4-9(15-2)8-11(10)16-3;1-7(12)10(8(2)13)9-3-5-11-6-4-9;;;;;/h3-14,16-19H,1-2H3;5-8,10-11,14-15H,1,12-13H2,2-4H3;4-9,11-12H,1-3H3;4-7,9-12H,1-3H3;4,6-8H,1-3H3;3-6,12H,1-2H3;;;;;/q5*-1;;;;;;. The smallest absolute Gasteiger partial charge is 0.333 e. The summed E-state index contributed by atoms with van der Waals surface area (Å²) in [5.74, 6) is 6.07. The van der Waals surface area contributed by atoms with Crippen molar-refractivity contribution >= 4 is 39.1 Å². The molecule has 0 atom stereocenters. The average molecular weight is 2670 g/mol. The van der Waals surface area contributed by atoms with E-state index < -0.39 is 5.97 Å². The van der Waals surface area contributed by atoms with Crippen LogP contribution in [-0.4, -0.2) is 102 Å². The molecule has 695 valence electrons. The molecule has 7 aromatic heterocycles. The molecular weight excluding hydrogens is 2560 g/mol. The summed E-state index contributed by atoms with van der Waals surface area (Å²) in [6, 6.07) is 89.8. The van der Waals surface area contributed by atoms with E-state index in [1.165, 1.54) is 91.7 Å². The number of nitrogens with zero attached hydrogens (tertiary/aromatic N) is 12. The van der Waals surface area contributed by atoms with E-state index in [1.54, 1.807) is 64.1 Å². The molecule has 5 radical (unpaired) electrons. The minimum atomic E-state index is -0.406. The van der Waals surface area contributed by atoms with E-state index in [9.17, 15) is 14.7 Å². The fourth-order valence-electron chi connectivity index (χ4n) is 15.8. The summed E-state index contributed by atoms with van der Waals surface area (Å²) in [6.45, 7) is 29.7. The molecule has 18 rings (SSSR count). The van der Waals surface area contributed by atoms with E-state index >= 15 is 0 Å². The quantitative estimate of drug-likeness (QED) is 0.0264. The van der Waals surface area contributed by atoms with Gasteiger partial charge in [0.2, 0.25) is 0 Å². The third kappa shape index (κ3) is 25.7. The van der Waals surface area contributed by atoms with Crippen LogP contribution in [0, 0.1) is 99.6 Å². The predicted octanol–water partition coefficient (Wildman–Crippen LogP) is 23.9. The number of aromatic nitrogens is 12. The van der Waals surface area contributed by atoms with Crippen LogP contribution >= 0.6 is 0 Å². The second kappa shape index (κ2) is 50.5. The van der Waals surface area contributed by atoms with Crippen LogP contribution in [0.4, 0.5) is 0 Å². The third-order valence-corrected chi connectivity index (χ3v) is 21.5. The third-order valence-electron chi connectivity index (χ3n) is 21.5. The Hall–Kier alpha value is -12.5. The number of carbonyl (C=O) groups excluding carboxylic acids is 2. The monoisotopic (exact) mass is 2670 g/mol. The summed E-state index contributed by atoms with van der Waals surface area (Å²) in [6.07, 6.45) is 22.1. The molecule has 0 bridgehead atoms. The minimum absolute atomic E-state index is 0. The van der Waals surface area contributed by atoms with E-state index in [0.29, 0.717) is 22.5 Å². The predicted molar refractivity (Wildman–Crippen MR) is 515 cm³/mol. The number of ether oxygens (including phenoxy) is 4. The first-order valence-electron chi connectivity index (χ1n) is 42.2. The molecule has 0 saturated carbocycles. The number of allylic oxidation sites excluding steroid dienone is 2. The SMILES string of the molecule is C=C(C)C(=O)OCCOc1cc(C)c(-n2ccnc2-c2[c-]cccc2)c(C)c1.CC(=O)C(=C(C)O)c1ccncc1.COc1c[c-]c(-c2nccn2C)c(OC)c1.Cc1c[c-]c(-c2nccn2-c2c(C)cccc2C)cc1.Cc1cc(C)c(-n2ccnc2-c2[c-]cccc2)c(C)c1.Cc1cccc(C)c1-n1ccnc1-c1[c-]cc2c(c1)c1ccccc1n2-c1ccccc1.[Ir].[Ir].[Ir].[Ir].[Ir]. The largest absolute Gasteiger partial charge is 0.540 e. The van der Waals surface area contributed by atoms with E-state index in [1.807, 2.05) is 148 Å². The number of esters is 1. The molecule has 0 fully saturated rings. The number of aryl methyl sites for hydroxylation is 11. The summed E-state index contributed by atoms with van der Waals surface area (Å²) in [5, 5.41) is 11.7. The fourth-order valence-corrected chi connectivity index (χ4v) is 15.8. The molecule has 19 nitrogen and oxygen atoms in total. The Labute approximate surface area is 852 Å². The van der Waals surface area contributed by atoms with Crippen LogP contribution in [0.2, 0.25) is 0 Å². The Morgan fingerprint density at radius 3 is 1.32 bits per heavy atom. The van der Waals surface area contributed by atoms with Crippen LogP contribution in [0.1, 0.15) is 82.0 Å². The van der Waals surface area contributed by atoms with Crippen LogP contribution in [0.5, 0.6) is 17.2 Å². The van der Waals surface area contributed by atoms with Gasteiger partial charge >= 0.3 is 5.97 Å². The maximum absolute atomic E-state index is 11.4. The second-order valence-electron chi connectivity index (χ2n) is 31.1. The van der Waals surface area contributed by atoms with Crippen LogP contribution in [0.25, 0.3) is 113 Å². The topological polar surface area (TPSA) is 198 Å². The Morgan fingerprint density at radius 2 is 0.866 bits per heavy atom. The van der Waals surface area contributed by atoms with Crippen molar-refractivity contribution in [3.8, 4) is 103 Å². The van der Waals surface area contributed by atoms with Crippen molar-refractivity contribution in [2.24, 2.45) is 7.05 Å². The number of carbonyl (C=O) groups is 2. The number of fused-ring (bicyclic) bond motifs is 3. The zero-order chi connectivity index (χ0) is 91.4. The number of aliphatic hydroxyl groups is 1. The van der Waals surface area contributed by atoms with Crippen molar-refractivity contribution in [3.63, 3.8) is 0 Å². The summed E-state index contributed by atoms with van der Waals surface area (Å²) in [7, 11) is 5.16. The number of imidazole rings is 5. The molecule has 1 N–H and O–H groups in total. The van der Waals surface area contributed by atoms with Crippen molar-refractivity contribution < 1.29 is 134 Å². The maximum atomic E-state index is 11.4. The molecule has 7 heterocycles.